The number of halogens is 2. The van der Waals surface area contributed by atoms with Crippen LogP contribution in [0.4, 0.5) is 0 Å². The quantitative estimate of drug-likeness (QED) is 0.729. The first-order valence-electron chi connectivity index (χ1n) is 3.99. The first kappa shape index (κ1) is 10.1. The van der Waals surface area contributed by atoms with E-state index >= 15 is 0 Å². The molecule has 0 unspecified atom stereocenters. The third-order valence-corrected chi connectivity index (χ3v) is 2.87. The Balaban J connectivity index is 2.52. The Kier molecular flexibility index (Phi) is 2.87. The number of hydrogen-bond acceptors (Lipinski definition) is 2. The zero-order valence-corrected chi connectivity index (χ0v) is 11.2. The van der Waals surface area contributed by atoms with Crippen LogP contribution < -0.4 is 0 Å². The van der Waals surface area contributed by atoms with Crippen LogP contribution in [0.5, 0.6) is 0 Å². The molecule has 0 fully saturated rings. The van der Waals surface area contributed by atoms with Crippen LogP contribution in [0.25, 0.3) is 5.82 Å². The van der Waals surface area contributed by atoms with E-state index < -0.39 is 0 Å². The third-order valence-electron chi connectivity index (χ3n) is 1.73. The van der Waals surface area contributed by atoms with Crippen LogP contribution in [-0.2, 0) is 0 Å². The average molecular weight is 364 g/mol. The molecule has 5 heteroatoms. The van der Waals surface area contributed by atoms with Gasteiger partial charge in [-0.15, -0.1) is 0 Å². The van der Waals surface area contributed by atoms with E-state index in [9.17, 15) is 0 Å². The predicted octanol–water partition coefficient (Wildman–Crippen LogP) is 2.94. The van der Waals surface area contributed by atoms with Crippen molar-refractivity contribution in [2.45, 2.75) is 6.92 Å². The lowest BCUT2D eigenvalue weighted by Gasteiger charge is -2.03. The van der Waals surface area contributed by atoms with E-state index in [0.717, 1.165) is 19.4 Å². The smallest absolute Gasteiger partial charge is 0.167 e. The van der Waals surface area contributed by atoms with Crippen LogP contribution in [0.2, 0.25) is 0 Å². The molecule has 0 atom stereocenters. The Morgan fingerprint density at radius 2 is 2.21 bits per heavy atom. The minimum atomic E-state index is 0.818. The maximum atomic E-state index is 4.31. The van der Waals surface area contributed by atoms with Crippen molar-refractivity contribution in [2.24, 2.45) is 0 Å². The molecule has 0 aliphatic heterocycles. The molecular weight excluding hydrogens is 357 g/mol. The SMILES string of the molecule is Cc1cnc(-n2cc(I)cn2)c(Br)c1. The number of rotatable bonds is 1. The van der Waals surface area contributed by atoms with Gasteiger partial charge in [-0.2, -0.15) is 5.10 Å². The molecule has 0 saturated heterocycles. The van der Waals surface area contributed by atoms with E-state index in [-0.39, 0.29) is 0 Å². The van der Waals surface area contributed by atoms with Crippen LogP contribution in [0.15, 0.2) is 29.1 Å². The Morgan fingerprint density at radius 1 is 1.43 bits per heavy atom. The van der Waals surface area contributed by atoms with Crippen molar-refractivity contribution in [1.82, 2.24) is 14.8 Å². The normalized spacial score (nSPS) is 10.5. The van der Waals surface area contributed by atoms with Crippen molar-refractivity contribution >= 4 is 38.5 Å². The first-order valence-corrected chi connectivity index (χ1v) is 5.86. The molecular formula is C9H7BrIN3. The van der Waals surface area contributed by atoms with Crippen LogP contribution in [0.3, 0.4) is 0 Å². The fourth-order valence-electron chi connectivity index (χ4n) is 1.11. The monoisotopic (exact) mass is 363 g/mol. The lowest BCUT2D eigenvalue weighted by atomic mass is 10.3. The number of pyridine rings is 1. The summed E-state index contributed by atoms with van der Waals surface area (Å²) in [5.74, 6) is 0.818. The highest BCUT2D eigenvalue weighted by Crippen LogP contribution is 2.19. The second-order valence-corrected chi connectivity index (χ2v) is 5.02. The molecule has 0 aromatic carbocycles. The topological polar surface area (TPSA) is 30.7 Å². The van der Waals surface area contributed by atoms with Gasteiger partial charge in [0.2, 0.25) is 0 Å². The van der Waals surface area contributed by atoms with Crippen molar-refractivity contribution in [3.8, 4) is 5.82 Å². The maximum Gasteiger partial charge on any atom is 0.167 e. The number of nitrogens with zero attached hydrogens (tertiary/aromatic N) is 3. The number of aryl methyl sites for hydroxylation is 1. The number of aromatic nitrogens is 3. The fourth-order valence-corrected chi connectivity index (χ4v) is 2.15. The molecule has 2 heterocycles. The summed E-state index contributed by atoms with van der Waals surface area (Å²) in [6.45, 7) is 2.01. The molecule has 0 N–H and O–H groups in total. The largest absolute Gasteiger partial charge is 0.236 e. The van der Waals surface area contributed by atoms with Crippen molar-refractivity contribution in [3.63, 3.8) is 0 Å². The van der Waals surface area contributed by atoms with Gasteiger partial charge in [0.05, 0.1) is 14.2 Å². The molecule has 72 valence electrons. The minimum Gasteiger partial charge on any atom is -0.236 e. The summed E-state index contributed by atoms with van der Waals surface area (Å²) in [5.41, 5.74) is 1.13. The summed E-state index contributed by atoms with van der Waals surface area (Å²) >= 11 is 5.69. The molecule has 2 aromatic rings. The van der Waals surface area contributed by atoms with Crippen LogP contribution in [0.1, 0.15) is 5.56 Å². The van der Waals surface area contributed by atoms with Gasteiger partial charge in [-0.05, 0) is 57.1 Å². The Morgan fingerprint density at radius 3 is 2.79 bits per heavy atom. The van der Waals surface area contributed by atoms with Gasteiger partial charge in [-0.25, -0.2) is 9.67 Å². The minimum absolute atomic E-state index is 0.818. The number of hydrogen-bond donors (Lipinski definition) is 0. The highest BCUT2D eigenvalue weighted by atomic mass is 127. The highest BCUT2D eigenvalue weighted by molar-refractivity contribution is 14.1. The van der Waals surface area contributed by atoms with E-state index in [1.807, 2.05) is 25.4 Å². The zero-order chi connectivity index (χ0) is 10.1. The van der Waals surface area contributed by atoms with E-state index in [2.05, 4.69) is 48.6 Å². The predicted molar refractivity (Wildman–Crippen MR) is 66.5 cm³/mol. The van der Waals surface area contributed by atoms with E-state index in [4.69, 9.17) is 0 Å². The molecule has 0 amide bonds. The Bertz CT molecular complexity index is 467. The van der Waals surface area contributed by atoms with Gasteiger partial charge in [0, 0.05) is 12.4 Å². The lowest BCUT2D eigenvalue weighted by molar-refractivity contribution is 0.840. The molecule has 0 bridgehead atoms. The summed E-state index contributed by atoms with van der Waals surface area (Å²) < 4.78 is 3.81. The average Bonchev–Trinajstić information content (AvgIpc) is 2.51. The molecule has 0 saturated carbocycles. The molecule has 0 aliphatic rings. The lowest BCUT2D eigenvalue weighted by Crippen LogP contribution is -1.99. The third kappa shape index (κ3) is 1.98. The molecule has 14 heavy (non-hydrogen) atoms. The molecule has 2 rings (SSSR count). The van der Waals surface area contributed by atoms with Crippen molar-refractivity contribution in [2.75, 3.05) is 0 Å². The highest BCUT2D eigenvalue weighted by Gasteiger charge is 2.05. The van der Waals surface area contributed by atoms with Gasteiger partial charge in [0.25, 0.3) is 0 Å². The van der Waals surface area contributed by atoms with E-state index in [1.54, 1.807) is 10.9 Å². The summed E-state index contributed by atoms with van der Waals surface area (Å²) in [6, 6.07) is 2.02. The summed E-state index contributed by atoms with van der Waals surface area (Å²) in [4.78, 5) is 4.31. The van der Waals surface area contributed by atoms with Crippen molar-refractivity contribution in [3.05, 3.63) is 38.3 Å². The van der Waals surface area contributed by atoms with Crippen LogP contribution in [0, 0.1) is 10.5 Å². The second kappa shape index (κ2) is 3.98. The fraction of sp³-hybridized carbons (Fsp3) is 0.111. The summed E-state index contributed by atoms with van der Waals surface area (Å²) in [7, 11) is 0. The summed E-state index contributed by atoms with van der Waals surface area (Å²) in [5, 5.41) is 4.19. The first-order chi connectivity index (χ1) is 6.66. The van der Waals surface area contributed by atoms with Crippen LogP contribution in [-0.4, -0.2) is 14.8 Å². The van der Waals surface area contributed by atoms with Gasteiger partial charge >= 0.3 is 0 Å². The Labute approximate surface area is 104 Å². The van der Waals surface area contributed by atoms with Crippen molar-refractivity contribution in [1.29, 1.82) is 0 Å². The standard InChI is InChI=1S/C9H7BrIN3/c1-6-2-8(10)9(12-3-6)14-5-7(11)4-13-14/h2-5H,1H3. The van der Waals surface area contributed by atoms with Gasteiger partial charge < -0.3 is 0 Å². The maximum absolute atomic E-state index is 4.31. The molecule has 0 radical (unpaired) electrons. The van der Waals surface area contributed by atoms with Crippen molar-refractivity contribution < 1.29 is 0 Å². The molecule has 0 spiro atoms. The van der Waals surface area contributed by atoms with Crippen LogP contribution >= 0.6 is 38.5 Å². The zero-order valence-electron chi connectivity index (χ0n) is 7.41. The van der Waals surface area contributed by atoms with Gasteiger partial charge in [-0.3, -0.25) is 0 Å². The second-order valence-electron chi connectivity index (χ2n) is 2.92. The molecule has 3 nitrogen and oxygen atoms in total. The van der Waals surface area contributed by atoms with Gasteiger partial charge in [-0.1, -0.05) is 0 Å². The van der Waals surface area contributed by atoms with Gasteiger partial charge in [0.15, 0.2) is 5.82 Å². The van der Waals surface area contributed by atoms with E-state index in [1.165, 1.54) is 0 Å². The molecule has 2 aromatic heterocycles. The summed E-state index contributed by atoms with van der Waals surface area (Å²) in [6.07, 6.45) is 5.56. The van der Waals surface area contributed by atoms with E-state index in [0.29, 0.717) is 0 Å². The Hall–Kier alpha value is -0.430. The molecule has 0 aliphatic carbocycles. The van der Waals surface area contributed by atoms with Gasteiger partial charge in [0.1, 0.15) is 0 Å².